The van der Waals surface area contributed by atoms with E-state index in [9.17, 15) is 17.2 Å². The summed E-state index contributed by atoms with van der Waals surface area (Å²) >= 11 is 1.16. The summed E-state index contributed by atoms with van der Waals surface area (Å²) in [6.07, 6.45) is 1.20. The number of likely N-dealkylation sites (tertiary alicyclic amines) is 1. The average molecular weight is 497 g/mol. The number of halogens is 2. The third kappa shape index (κ3) is 6.46. The molecule has 1 fully saturated rings. The Kier molecular flexibility index (Phi) is 8.31. The van der Waals surface area contributed by atoms with Gasteiger partial charge in [-0.1, -0.05) is 24.3 Å². The van der Waals surface area contributed by atoms with Crippen molar-refractivity contribution < 1.29 is 27.1 Å². The summed E-state index contributed by atoms with van der Waals surface area (Å²) in [5.74, 6) is -2.33. The Labute approximate surface area is 194 Å². The molecular weight excluding hydrogens is 474 g/mol. The van der Waals surface area contributed by atoms with E-state index in [1.54, 1.807) is 0 Å². The van der Waals surface area contributed by atoms with Crippen LogP contribution in [-0.4, -0.2) is 43.0 Å². The van der Waals surface area contributed by atoms with Crippen LogP contribution in [0.5, 0.6) is 0 Å². The molecule has 0 aliphatic carbocycles. The van der Waals surface area contributed by atoms with Gasteiger partial charge in [0.2, 0.25) is 0 Å². The van der Waals surface area contributed by atoms with E-state index >= 15 is 0 Å². The Balaban J connectivity index is 0.000000968. The second-order valence-electron chi connectivity index (χ2n) is 7.11. The second kappa shape index (κ2) is 11.2. The van der Waals surface area contributed by atoms with E-state index in [1.807, 2.05) is 24.3 Å². The van der Waals surface area contributed by atoms with Crippen LogP contribution in [0.3, 0.4) is 0 Å². The van der Waals surface area contributed by atoms with Crippen molar-refractivity contribution in [2.45, 2.75) is 24.4 Å². The van der Waals surface area contributed by atoms with Gasteiger partial charge in [-0.2, -0.15) is 0 Å². The molecule has 3 N–H and O–H groups in total. The minimum atomic E-state index is -4.43. The summed E-state index contributed by atoms with van der Waals surface area (Å²) in [4.78, 5) is 13.4. The third-order valence-electron chi connectivity index (χ3n) is 4.88. The van der Waals surface area contributed by atoms with Crippen molar-refractivity contribution in [3.63, 3.8) is 0 Å². The monoisotopic (exact) mass is 496 g/mol. The molecule has 2 heterocycles. The van der Waals surface area contributed by atoms with E-state index in [0.29, 0.717) is 6.54 Å². The Bertz CT molecular complexity index is 1160. The average Bonchev–Trinajstić information content (AvgIpc) is 3.22. The molecule has 1 aromatic heterocycles. The topological polar surface area (TPSA) is 112 Å². The zero-order valence-electron chi connectivity index (χ0n) is 17.4. The first-order valence-electron chi connectivity index (χ1n) is 9.85. The number of sulfonamides is 1. The highest BCUT2D eigenvalue weighted by atomic mass is 32.2. The van der Waals surface area contributed by atoms with Crippen LogP contribution in [0, 0.1) is 11.6 Å². The van der Waals surface area contributed by atoms with Crippen molar-refractivity contribution in [3.05, 3.63) is 70.1 Å². The lowest BCUT2D eigenvalue weighted by Crippen LogP contribution is -2.36. The van der Waals surface area contributed by atoms with Crippen LogP contribution in [0.1, 0.15) is 17.5 Å². The predicted octanol–water partition coefficient (Wildman–Crippen LogP) is 3.74. The van der Waals surface area contributed by atoms with Crippen molar-refractivity contribution in [3.8, 4) is 0 Å². The number of carbonyl (C=O) groups is 1. The summed E-state index contributed by atoms with van der Waals surface area (Å²) < 4.78 is 55.9. The highest BCUT2D eigenvalue weighted by Crippen LogP contribution is 2.26. The fourth-order valence-corrected chi connectivity index (χ4v) is 4.91. The molecule has 0 radical (unpaired) electrons. The third-order valence-corrected chi connectivity index (χ3v) is 6.87. The van der Waals surface area contributed by atoms with Crippen molar-refractivity contribution >= 4 is 39.3 Å². The molecule has 0 spiro atoms. The van der Waals surface area contributed by atoms with Crippen molar-refractivity contribution in [2.24, 2.45) is 0 Å². The molecule has 0 bridgehead atoms. The van der Waals surface area contributed by atoms with Gasteiger partial charge in [0.05, 0.1) is 5.51 Å². The molecule has 3 aromatic rings. The smallest absolute Gasteiger partial charge is 0.290 e. The molecule has 176 valence electrons. The van der Waals surface area contributed by atoms with Gasteiger partial charge in [-0.15, -0.1) is 11.3 Å². The Morgan fingerprint density at radius 3 is 2.33 bits per heavy atom. The first-order valence-corrected chi connectivity index (χ1v) is 12.3. The number of aromatic nitrogens is 1. The molecule has 0 saturated carbocycles. The maximum absolute atomic E-state index is 14.5. The maximum Gasteiger partial charge on any atom is 0.290 e. The summed E-state index contributed by atoms with van der Waals surface area (Å²) in [7, 11) is -4.43. The lowest BCUT2D eigenvalue weighted by Gasteiger charge is -2.31. The Morgan fingerprint density at radius 1 is 1.15 bits per heavy atom. The lowest BCUT2D eigenvalue weighted by atomic mass is 10.1. The number of carboxylic acid groups (broad SMARTS) is 1. The van der Waals surface area contributed by atoms with Gasteiger partial charge < -0.3 is 10.4 Å². The van der Waals surface area contributed by atoms with Crippen LogP contribution in [-0.2, 0) is 27.9 Å². The SMILES string of the molecule is O=CO.O=S(=O)(Nc1cscn1)c1c(F)cc(NCc2ccccc2CN2CCC2)cc1F. The molecular formula is C21H22F2N4O4S2. The Morgan fingerprint density at radius 2 is 1.79 bits per heavy atom. The van der Waals surface area contributed by atoms with Crippen LogP contribution in [0.2, 0.25) is 0 Å². The molecule has 1 aliphatic heterocycles. The minimum absolute atomic E-state index is 0.0137. The van der Waals surface area contributed by atoms with E-state index in [4.69, 9.17) is 9.90 Å². The fraction of sp³-hybridized carbons (Fsp3) is 0.238. The van der Waals surface area contributed by atoms with Crippen molar-refractivity contribution in [1.29, 1.82) is 0 Å². The van der Waals surface area contributed by atoms with Crippen LogP contribution in [0.15, 0.2) is 52.2 Å². The molecule has 8 nitrogen and oxygen atoms in total. The van der Waals surface area contributed by atoms with Gasteiger partial charge in [-0.05, 0) is 42.8 Å². The van der Waals surface area contributed by atoms with Gasteiger partial charge in [-0.25, -0.2) is 22.2 Å². The van der Waals surface area contributed by atoms with Gasteiger partial charge >= 0.3 is 0 Å². The first-order chi connectivity index (χ1) is 15.8. The largest absolute Gasteiger partial charge is 0.483 e. The molecule has 4 rings (SSSR count). The maximum atomic E-state index is 14.5. The van der Waals surface area contributed by atoms with Crippen LogP contribution in [0.4, 0.5) is 20.3 Å². The second-order valence-corrected chi connectivity index (χ2v) is 9.44. The number of nitrogens with zero attached hydrogens (tertiary/aromatic N) is 2. The van der Waals surface area contributed by atoms with E-state index in [2.05, 4.69) is 19.9 Å². The molecule has 0 atom stereocenters. The van der Waals surface area contributed by atoms with E-state index in [1.165, 1.54) is 17.3 Å². The fourth-order valence-electron chi connectivity index (χ4n) is 3.23. The van der Waals surface area contributed by atoms with Gasteiger partial charge in [0, 0.05) is 24.2 Å². The highest BCUT2D eigenvalue weighted by Gasteiger charge is 2.26. The number of nitrogens with one attached hydrogen (secondary N) is 2. The number of rotatable bonds is 8. The summed E-state index contributed by atoms with van der Waals surface area (Å²) in [6, 6.07) is 9.85. The molecule has 0 unspecified atom stereocenters. The zero-order valence-corrected chi connectivity index (χ0v) is 19.0. The van der Waals surface area contributed by atoms with Crippen LogP contribution < -0.4 is 10.0 Å². The standard InChI is InChI=1S/C20H20F2N4O2S2.CH2O2/c21-17-8-16(9-18(22)20(17)30(27,28)25-19-12-29-13-24-19)23-10-14-4-1-2-5-15(14)11-26-6-3-7-26;2-1-3/h1-2,4-5,8-9,12-13,23,25H,3,6-7,10-11H2;1H,(H,2,3). The van der Waals surface area contributed by atoms with Gasteiger partial charge in [0.15, 0.2) is 10.7 Å². The van der Waals surface area contributed by atoms with Crippen LogP contribution >= 0.6 is 11.3 Å². The summed E-state index contributed by atoms with van der Waals surface area (Å²) in [5, 5.41) is 11.3. The number of thiazole rings is 1. The van der Waals surface area contributed by atoms with Gasteiger partial charge in [0.1, 0.15) is 11.6 Å². The first kappa shape index (κ1) is 24.6. The molecule has 1 aliphatic rings. The minimum Gasteiger partial charge on any atom is -0.483 e. The van der Waals surface area contributed by atoms with E-state index < -0.39 is 26.6 Å². The van der Waals surface area contributed by atoms with Crippen molar-refractivity contribution in [2.75, 3.05) is 23.1 Å². The normalized spacial score (nSPS) is 13.4. The molecule has 0 amide bonds. The number of benzene rings is 2. The van der Waals surface area contributed by atoms with Gasteiger partial charge in [0.25, 0.3) is 16.5 Å². The predicted molar refractivity (Wildman–Crippen MR) is 122 cm³/mol. The van der Waals surface area contributed by atoms with E-state index in [-0.39, 0.29) is 18.0 Å². The lowest BCUT2D eigenvalue weighted by molar-refractivity contribution is -0.122. The summed E-state index contributed by atoms with van der Waals surface area (Å²) in [5.41, 5.74) is 3.75. The van der Waals surface area contributed by atoms with Crippen molar-refractivity contribution in [1.82, 2.24) is 9.88 Å². The van der Waals surface area contributed by atoms with E-state index in [0.717, 1.165) is 54.2 Å². The zero-order chi connectivity index (χ0) is 23.8. The molecule has 33 heavy (non-hydrogen) atoms. The number of hydrogen-bond acceptors (Lipinski definition) is 7. The van der Waals surface area contributed by atoms with Crippen LogP contribution in [0.25, 0.3) is 0 Å². The number of hydrogen-bond donors (Lipinski definition) is 3. The molecule has 2 aromatic carbocycles. The number of anilines is 2. The molecule has 1 saturated heterocycles. The highest BCUT2D eigenvalue weighted by molar-refractivity contribution is 7.92. The van der Waals surface area contributed by atoms with Gasteiger partial charge in [-0.3, -0.25) is 14.4 Å². The Hall–Kier alpha value is -3.09. The quantitative estimate of drug-likeness (QED) is 0.407. The summed E-state index contributed by atoms with van der Waals surface area (Å²) in [6.45, 7) is 3.10. The molecule has 12 heteroatoms.